The second kappa shape index (κ2) is 9.26. The van der Waals surface area contributed by atoms with E-state index in [1.54, 1.807) is 4.90 Å². The Kier molecular flexibility index (Phi) is 8.50. The van der Waals surface area contributed by atoms with E-state index in [0.717, 1.165) is 12.0 Å². The highest BCUT2D eigenvalue weighted by Gasteiger charge is 2.21. The maximum atomic E-state index is 12.0. The van der Waals surface area contributed by atoms with Crippen LogP contribution in [-0.2, 0) is 4.74 Å². The van der Waals surface area contributed by atoms with Crippen LogP contribution in [-0.4, -0.2) is 48.7 Å². The molecule has 0 rings (SSSR count). The van der Waals surface area contributed by atoms with Crippen LogP contribution in [0.3, 0.4) is 0 Å². The van der Waals surface area contributed by atoms with Crippen molar-refractivity contribution in [2.45, 2.75) is 46.6 Å². The highest BCUT2D eigenvalue weighted by molar-refractivity contribution is 5.78. The highest BCUT2D eigenvalue weighted by atomic mass is 16.6. The van der Waals surface area contributed by atoms with Gasteiger partial charge in [-0.15, -0.1) is 0 Å². The summed E-state index contributed by atoms with van der Waals surface area (Å²) in [6.07, 6.45) is 0.571. The fraction of sp³-hybridized carbons (Fsp3) is 0.733. The minimum Gasteiger partial charge on any atom is -0.444 e. The van der Waals surface area contributed by atoms with Crippen molar-refractivity contribution >= 4 is 12.1 Å². The van der Waals surface area contributed by atoms with E-state index in [1.807, 2.05) is 34.6 Å². The summed E-state index contributed by atoms with van der Waals surface area (Å²) in [7, 11) is 0. The number of ether oxygens (including phenoxy) is 1. The topological polar surface area (TPSA) is 80.0 Å². The summed E-state index contributed by atoms with van der Waals surface area (Å²) >= 11 is 0. The molecule has 0 atom stereocenters. The highest BCUT2D eigenvalue weighted by Crippen LogP contribution is 2.09. The van der Waals surface area contributed by atoms with E-state index in [2.05, 4.69) is 16.9 Å². The van der Waals surface area contributed by atoms with Crippen molar-refractivity contribution in [3.8, 4) is 0 Å². The summed E-state index contributed by atoms with van der Waals surface area (Å²) in [5.41, 5.74) is 6.18. The fourth-order valence-corrected chi connectivity index (χ4v) is 1.49. The van der Waals surface area contributed by atoms with Crippen molar-refractivity contribution in [3.05, 3.63) is 12.2 Å². The van der Waals surface area contributed by atoms with E-state index < -0.39 is 5.60 Å². The third-order valence-corrected chi connectivity index (χ3v) is 2.35. The summed E-state index contributed by atoms with van der Waals surface area (Å²) < 4.78 is 5.38. The predicted octanol–water partition coefficient (Wildman–Crippen LogP) is 2.11. The van der Waals surface area contributed by atoms with Gasteiger partial charge in [0, 0.05) is 19.6 Å². The van der Waals surface area contributed by atoms with E-state index in [0.29, 0.717) is 32.1 Å². The van der Waals surface area contributed by atoms with Crippen LogP contribution >= 0.6 is 0 Å². The number of amides is 1. The number of carbonyl (C=O) groups is 1. The van der Waals surface area contributed by atoms with Crippen molar-refractivity contribution in [2.75, 3.05) is 26.2 Å². The molecule has 0 spiro atoms. The number of nitrogens with one attached hydrogen (secondary N) is 1. The molecule has 6 heteroatoms. The number of aliphatic imine (C=N–C) groups is 1. The quantitative estimate of drug-likeness (QED) is 0.428. The molecule has 0 unspecified atom stereocenters. The van der Waals surface area contributed by atoms with Gasteiger partial charge in [-0.3, -0.25) is 0 Å². The molecule has 0 saturated heterocycles. The van der Waals surface area contributed by atoms with Gasteiger partial charge in [0.1, 0.15) is 5.60 Å². The Bertz CT molecular complexity index is 372. The van der Waals surface area contributed by atoms with Gasteiger partial charge in [0.2, 0.25) is 0 Å². The van der Waals surface area contributed by atoms with Crippen molar-refractivity contribution < 1.29 is 9.53 Å². The van der Waals surface area contributed by atoms with E-state index >= 15 is 0 Å². The van der Waals surface area contributed by atoms with Gasteiger partial charge in [-0.1, -0.05) is 19.1 Å². The summed E-state index contributed by atoms with van der Waals surface area (Å²) in [6, 6.07) is 0. The van der Waals surface area contributed by atoms with Gasteiger partial charge in [-0.25, -0.2) is 9.79 Å². The third kappa shape index (κ3) is 10.7. The first-order valence-electron chi connectivity index (χ1n) is 7.31. The summed E-state index contributed by atoms with van der Waals surface area (Å²) in [5.74, 6) is 0.360. The van der Waals surface area contributed by atoms with Crippen LogP contribution in [0.15, 0.2) is 17.1 Å². The lowest BCUT2D eigenvalue weighted by molar-refractivity contribution is 0.0253. The molecule has 3 N–H and O–H groups in total. The molecule has 0 fully saturated rings. The van der Waals surface area contributed by atoms with Crippen LogP contribution < -0.4 is 11.1 Å². The Morgan fingerprint density at radius 2 is 2.00 bits per heavy atom. The molecule has 0 heterocycles. The molecule has 1 amide bonds. The zero-order valence-electron chi connectivity index (χ0n) is 14.0. The van der Waals surface area contributed by atoms with Crippen molar-refractivity contribution in [1.29, 1.82) is 0 Å². The van der Waals surface area contributed by atoms with E-state index in [-0.39, 0.29) is 6.09 Å². The lowest BCUT2D eigenvalue weighted by Crippen LogP contribution is -2.43. The molecular formula is C15H30N4O2. The first kappa shape index (κ1) is 19.3. The molecule has 0 radical (unpaired) electrons. The maximum absolute atomic E-state index is 12.0. The molecule has 0 saturated carbocycles. The van der Waals surface area contributed by atoms with E-state index in [1.165, 1.54) is 0 Å². The smallest absolute Gasteiger partial charge is 0.410 e. The van der Waals surface area contributed by atoms with Gasteiger partial charge in [0.25, 0.3) is 0 Å². The largest absolute Gasteiger partial charge is 0.444 e. The normalized spacial score (nSPS) is 12.0. The van der Waals surface area contributed by atoms with Gasteiger partial charge < -0.3 is 20.7 Å². The van der Waals surface area contributed by atoms with Gasteiger partial charge in [-0.05, 0) is 34.1 Å². The zero-order valence-corrected chi connectivity index (χ0v) is 14.0. The minimum atomic E-state index is -0.488. The summed E-state index contributed by atoms with van der Waals surface area (Å²) in [4.78, 5) is 17.8. The number of nitrogens with zero attached hydrogens (tertiary/aromatic N) is 2. The molecule has 0 aromatic rings. The molecular weight excluding hydrogens is 268 g/mol. The molecule has 122 valence electrons. The lowest BCUT2D eigenvalue weighted by atomic mass is 10.2. The molecule has 21 heavy (non-hydrogen) atoms. The molecule has 0 bridgehead atoms. The van der Waals surface area contributed by atoms with Crippen LogP contribution in [0.1, 0.15) is 41.0 Å². The Hall–Kier alpha value is -1.72. The number of carbonyl (C=O) groups excluding carboxylic acids is 1. The SMILES string of the molecule is C=C(C)CN=C(N)NCCN(CCC)C(=O)OC(C)(C)C. The molecule has 0 aromatic carbocycles. The standard InChI is InChI=1S/C15H30N4O2/c1-7-9-19(14(20)21-15(4,5)6)10-8-17-13(16)18-11-12(2)3/h2,7-11H2,1,3-6H3,(H3,16,17,18). The van der Waals surface area contributed by atoms with Crippen molar-refractivity contribution in [3.63, 3.8) is 0 Å². The number of hydrogen-bond acceptors (Lipinski definition) is 3. The average molecular weight is 298 g/mol. The summed E-state index contributed by atoms with van der Waals surface area (Å²) in [5, 5.41) is 2.98. The second-order valence-electron chi connectivity index (χ2n) is 6.05. The van der Waals surface area contributed by atoms with Crippen LogP contribution in [0, 0.1) is 0 Å². The first-order chi connectivity index (χ1) is 9.65. The Morgan fingerprint density at radius 1 is 1.38 bits per heavy atom. The van der Waals surface area contributed by atoms with Gasteiger partial charge in [-0.2, -0.15) is 0 Å². The van der Waals surface area contributed by atoms with Gasteiger partial charge in [0.05, 0.1) is 6.54 Å². The molecule has 0 aliphatic rings. The average Bonchev–Trinajstić information content (AvgIpc) is 2.33. The Balaban J connectivity index is 4.30. The number of nitrogens with two attached hydrogens (primary N) is 1. The van der Waals surface area contributed by atoms with Gasteiger partial charge in [0.15, 0.2) is 5.96 Å². The molecule has 6 nitrogen and oxygen atoms in total. The Morgan fingerprint density at radius 3 is 2.48 bits per heavy atom. The molecule has 0 aromatic heterocycles. The zero-order chi connectivity index (χ0) is 16.5. The maximum Gasteiger partial charge on any atom is 0.410 e. The molecule has 0 aliphatic heterocycles. The first-order valence-corrected chi connectivity index (χ1v) is 7.31. The third-order valence-electron chi connectivity index (χ3n) is 2.35. The van der Waals surface area contributed by atoms with E-state index in [4.69, 9.17) is 10.5 Å². The predicted molar refractivity (Wildman–Crippen MR) is 87.4 cm³/mol. The number of guanidine groups is 1. The van der Waals surface area contributed by atoms with Crippen molar-refractivity contribution in [1.82, 2.24) is 10.2 Å². The van der Waals surface area contributed by atoms with Crippen LogP contribution in [0.2, 0.25) is 0 Å². The fourth-order valence-electron chi connectivity index (χ4n) is 1.49. The lowest BCUT2D eigenvalue weighted by Gasteiger charge is -2.27. The monoisotopic (exact) mass is 298 g/mol. The van der Waals surface area contributed by atoms with Crippen molar-refractivity contribution in [2.24, 2.45) is 10.7 Å². The van der Waals surface area contributed by atoms with Gasteiger partial charge >= 0.3 is 6.09 Å². The molecule has 0 aliphatic carbocycles. The van der Waals surface area contributed by atoms with Crippen LogP contribution in [0.5, 0.6) is 0 Å². The number of hydrogen-bond donors (Lipinski definition) is 2. The minimum absolute atomic E-state index is 0.302. The second-order valence-corrected chi connectivity index (χ2v) is 6.05. The number of rotatable bonds is 7. The Labute approximate surface area is 128 Å². The van der Waals surface area contributed by atoms with Crippen LogP contribution in [0.4, 0.5) is 4.79 Å². The van der Waals surface area contributed by atoms with E-state index in [9.17, 15) is 4.79 Å². The van der Waals surface area contributed by atoms with Crippen LogP contribution in [0.25, 0.3) is 0 Å². The summed E-state index contributed by atoms with van der Waals surface area (Å²) in [6.45, 7) is 15.4.